The molecule has 174 valence electrons. The fourth-order valence-electron chi connectivity index (χ4n) is 3.48. The summed E-state index contributed by atoms with van der Waals surface area (Å²) < 4.78 is 76.9. The third kappa shape index (κ3) is 4.79. The molecule has 3 rings (SSSR count). The zero-order valence-electron chi connectivity index (χ0n) is 17.8. The normalized spacial score (nSPS) is 11.5. The number of anilines is 1. The molecule has 33 heavy (non-hydrogen) atoms. The van der Waals surface area contributed by atoms with Crippen LogP contribution in [0.5, 0.6) is 5.75 Å². The van der Waals surface area contributed by atoms with E-state index in [1.165, 1.54) is 12.4 Å². The van der Waals surface area contributed by atoms with Gasteiger partial charge in [-0.15, -0.1) is 0 Å². The van der Waals surface area contributed by atoms with E-state index < -0.39 is 51.6 Å². The van der Waals surface area contributed by atoms with Crippen LogP contribution in [-0.4, -0.2) is 16.3 Å². The molecule has 0 saturated heterocycles. The Hall–Kier alpha value is -3.56. The van der Waals surface area contributed by atoms with Gasteiger partial charge in [0.15, 0.2) is 17.9 Å². The van der Waals surface area contributed by atoms with Gasteiger partial charge in [0.25, 0.3) is 0 Å². The van der Waals surface area contributed by atoms with Gasteiger partial charge >= 0.3 is 6.18 Å². The van der Waals surface area contributed by atoms with E-state index in [2.05, 4.69) is 9.97 Å². The summed E-state index contributed by atoms with van der Waals surface area (Å²) in [5.74, 6) is -3.08. The van der Waals surface area contributed by atoms with Crippen LogP contribution < -0.4 is 10.5 Å². The van der Waals surface area contributed by atoms with E-state index in [1.54, 1.807) is 19.1 Å². The zero-order valence-corrected chi connectivity index (χ0v) is 17.8. The van der Waals surface area contributed by atoms with E-state index in [0.717, 1.165) is 6.92 Å². The maximum atomic E-state index is 15.6. The van der Waals surface area contributed by atoms with Crippen LogP contribution in [0, 0.1) is 18.6 Å². The minimum Gasteiger partial charge on any atom is -0.485 e. The smallest absolute Gasteiger partial charge is 0.417 e. The van der Waals surface area contributed by atoms with Crippen LogP contribution in [-0.2, 0) is 19.2 Å². The summed E-state index contributed by atoms with van der Waals surface area (Å²) in [6.45, 7) is 2.47. The summed E-state index contributed by atoms with van der Waals surface area (Å²) in [5.41, 5.74) is 1.71. The molecule has 3 aromatic rings. The average Bonchev–Trinajstić information content (AvgIpc) is 2.77. The van der Waals surface area contributed by atoms with Crippen molar-refractivity contribution in [1.82, 2.24) is 9.97 Å². The molecule has 0 spiro atoms. The molecular formula is C23H20F5N3O2. The van der Waals surface area contributed by atoms with E-state index in [-0.39, 0.29) is 24.3 Å². The maximum Gasteiger partial charge on any atom is 0.417 e. The highest BCUT2D eigenvalue weighted by molar-refractivity contribution is 5.84. The molecule has 0 saturated carbocycles. The highest BCUT2D eigenvalue weighted by atomic mass is 19.4. The first-order valence-electron chi connectivity index (χ1n) is 9.95. The van der Waals surface area contributed by atoms with Gasteiger partial charge in [0.1, 0.15) is 18.1 Å². The maximum absolute atomic E-state index is 15.6. The lowest BCUT2D eigenvalue weighted by atomic mass is 9.95. The molecule has 0 unspecified atom stereocenters. The number of nitrogens with two attached hydrogens (primary N) is 1. The molecule has 0 amide bonds. The van der Waals surface area contributed by atoms with Gasteiger partial charge in [-0.1, -0.05) is 19.4 Å². The van der Waals surface area contributed by atoms with Crippen LogP contribution in [0.2, 0.25) is 0 Å². The lowest BCUT2D eigenvalue weighted by Gasteiger charge is -2.20. The monoisotopic (exact) mass is 465 g/mol. The number of hydrogen-bond donors (Lipinski definition) is 1. The summed E-state index contributed by atoms with van der Waals surface area (Å²) >= 11 is 0. The SMILES string of the molecule is CCCc1nc(-c2cc(N)c(F)c(C)c2C(F)(F)F)c(F)c(OCc2cccnc2)c1C=O. The molecule has 5 nitrogen and oxygen atoms in total. The zero-order chi connectivity index (χ0) is 24.3. The van der Waals surface area contributed by atoms with E-state index in [4.69, 9.17) is 10.5 Å². The van der Waals surface area contributed by atoms with Crippen molar-refractivity contribution in [2.24, 2.45) is 0 Å². The summed E-state index contributed by atoms with van der Waals surface area (Å²) in [6.07, 6.45) is -1.06. The number of pyridine rings is 2. The minimum absolute atomic E-state index is 0.0544. The van der Waals surface area contributed by atoms with Crippen molar-refractivity contribution in [2.45, 2.75) is 39.5 Å². The fraction of sp³-hybridized carbons (Fsp3) is 0.261. The van der Waals surface area contributed by atoms with Crippen LogP contribution in [0.4, 0.5) is 27.6 Å². The second kappa shape index (κ2) is 9.51. The number of ether oxygens (including phenoxy) is 1. The summed E-state index contributed by atoms with van der Waals surface area (Å²) in [5, 5.41) is 0. The molecule has 2 heterocycles. The first kappa shape index (κ1) is 24.1. The van der Waals surface area contributed by atoms with E-state index in [1.807, 2.05) is 0 Å². The third-order valence-electron chi connectivity index (χ3n) is 4.99. The molecular weight excluding hydrogens is 445 g/mol. The van der Waals surface area contributed by atoms with Crippen molar-refractivity contribution in [1.29, 1.82) is 0 Å². The Labute approximate surface area is 186 Å². The molecule has 0 aliphatic heterocycles. The number of halogens is 5. The van der Waals surface area contributed by atoms with Crippen LogP contribution in [0.25, 0.3) is 11.3 Å². The number of carbonyl (C=O) groups is 1. The summed E-state index contributed by atoms with van der Waals surface area (Å²) in [4.78, 5) is 19.7. The predicted octanol–water partition coefficient (Wildman–Crippen LogP) is 5.68. The van der Waals surface area contributed by atoms with Gasteiger partial charge < -0.3 is 10.5 Å². The molecule has 2 aromatic heterocycles. The molecule has 0 atom stereocenters. The molecule has 10 heteroatoms. The van der Waals surface area contributed by atoms with Gasteiger partial charge in [-0.2, -0.15) is 13.2 Å². The Morgan fingerprint density at radius 1 is 1.21 bits per heavy atom. The van der Waals surface area contributed by atoms with Gasteiger partial charge in [-0.05, 0) is 31.0 Å². The number of aryl methyl sites for hydroxylation is 1. The van der Waals surface area contributed by atoms with Crippen LogP contribution in [0.15, 0.2) is 30.6 Å². The van der Waals surface area contributed by atoms with Gasteiger partial charge in [0.05, 0.1) is 22.5 Å². The van der Waals surface area contributed by atoms with Crippen molar-refractivity contribution in [3.05, 3.63) is 70.2 Å². The highest BCUT2D eigenvalue weighted by Crippen LogP contribution is 2.43. The van der Waals surface area contributed by atoms with Crippen molar-refractivity contribution < 1.29 is 31.5 Å². The molecule has 0 bridgehead atoms. The number of aromatic nitrogens is 2. The van der Waals surface area contributed by atoms with E-state index >= 15 is 4.39 Å². The van der Waals surface area contributed by atoms with Crippen molar-refractivity contribution in [2.75, 3.05) is 5.73 Å². The fourth-order valence-corrected chi connectivity index (χ4v) is 3.48. The Kier molecular flexibility index (Phi) is 6.95. The molecule has 2 N–H and O–H groups in total. The second-order valence-electron chi connectivity index (χ2n) is 7.31. The minimum atomic E-state index is -5.02. The highest BCUT2D eigenvalue weighted by Gasteiger charge is 2.39. The standard InChI is InChI=1S/C23H20F5N3O2/c1-3-5-17-15(10-32)22(33-11-13-6-4-7-30-9-13)20(25)21(31-17)14-8-16(29)19(24)12(2)18(14)23(26,27)28/h4,6-10H,3,5,11,29H2,1-2H3. The number of nitrogen functional groups attached to an aromatic ring is 1. The van der Waals surface area contributed by atoms with E-state index in [9.17, 15) is 22.4 Å². The van der Waals surface area contributed by atoms with Crippen molar-refractivity contribution >= 4 is 12.0 Å². The number of benzene rings is 1. The number of nitrogens with zero attached hydrogens (tertiary/aromatic N) is 2. The van der Waals surface area contributed by atoms with Gasteiger partial charge in [0, 0.05) is 23.5 Å². The van der Waals surface area contributed by atoms with E-state index in [0.29, 0.717) is 24.3 Å². The second-order valence-corrected chi connectivity index (χ2v) is 7.31. The van der Waals surface area contributed by atoms with Crippen LogP contribution in [0.1, 0.15) is 46.1 Å². The molecule has 1 aromatic carbocycles. The summed E-state index contributed by atoms with van der Waals surface area (Å²) in [7, 11) is 0. The van der Waals surface area contributed by atoms with Crippen LogP contribution in [0.3, 0.4) is 0 Å². The predicted molar refractivity (Wildman–Crippen MR) is 112 cm³/mol. The number of alkyl halides is 3. The Balaban J connectivity index is 2.29. The van der Waals surface area contributed by atoms with Gasteiger partial charge in [0.2, 0.25) is 0 Å². The first-order chi connectivity index (χ1) is 15.6. The van der Waals surface area contributed by atoms with Crippen molar-refractivity contribution in [3.63, 3.8) is 0 Å². The van der Waals surface area contributed by atoms with Gasteiger partial charge in [-0.25, -0.2) is 13.8 Å². The number of hydrogen-bond acceptors (Lipinski definition) is 5. The number of rotatable bonds is 7. The molecule has 0 aliphatic carbocycles. The quantitative estimate of drug-likeness (QED) is 0.276. The Morgan fingerprint density at radius 2 is 1.94 bits per heavy atom. The molecule has 0 radical (unpaired) electrons. The lowest BCUT2D eigenvalue weighted by Crippen LogP contribution is -2.15. The summed E-state index contributed by atoms with van der Waals surface area (Å²) in [6, 6.07) is 3.96. The molecule has 0 aliphatic rings. The number of aldehydes is 1. The third-order valence-corrected chi connectivity index (χ3v) is 4.99. The van der Waals surface area contributed by atoms with Crippen molar-refractivity contribution in [3.8, 4) is 17.0 Å². The number of carbonyl (C=O) groups excluding carboxylic acids is 1. The molecule has 0 fully saturated rings. The largest absolute Gasteiger partial charge is 0.485 e. The Bertz CT molecular complexity index is 1180. The topological polar surface area (TPSA) is 78.1 Å². The van der Waals surface area contributed by atoms with Crippen LogP contribution >= 0.6 is 0 Å². The lowest BCUT2D eigenvalue weighted by molar-refractivity contribution is -0.137. The van der Waals surface area contributed by atoms with Gasteiger partial charge in [-0.3, -0.25) is 9.78 Å². The average molecular weight is 465 g/mol. The Morgan fingerprint density at radius 3 is 2.52 bits per heavy atom. The first-order valence-corrected chi connectivity index (χ1v) is 9.95.